The lowest BCUT2D eigenvalue weighted by Gasteiger charge is -2.02. The van der Waals surface area contributed by atoms with Gasteiger partial charge in [-0.05, 0) is 31.2 Å². The molecule has 0 saturated carbocycles. The van der Waals surface area contributed by atoms with Crippen LogP contribution in [0.3, 0.4) is 0 Å². The topological polar surface area (TPSA) is 43.1 Å². The van der Waals surface area contributed by atoms with Crippen LogP contribution in [0.1, 0.15) is 22.3 Å². The quantitative estimate of drug-likeness (QED) is 0.826. The SMILES string of the molecule is Cc1cc(C(=O)CCN)ccc1Br. The van der Waals surface area contributed by atoms with Crippen LogP contribution in [-0.2, 0) is 0 Å². The van der Waals surface area contributed by atoms with Crippen LogP contribution in [-0.4, -0.2) is 12.3 Å². The molecule has 0 spiro atoms. The van der Waals surface area contributed by atoms with Crippen LogP contribution in [0.15, 0.2) is 22.7 Å². The highest BCUT2D eigenvalue weighted by Gasteiger charge is 2.05. The number of rotatable bonds is 3. The van der Waals surface area contributed by atoms with E-state index in [9.17, 15) is 4.79 Å². The van der Waals surface area contributed by atoms with Crippen molar-refractivity contribution in [2.24, 2.45) is 5.73 Å². The Morgan fingerprint density at radius 2 is 2.23 bits per heavy atom. The molecule has 0 unspecified atom stereocenters. The summed E-state index contributed by atoms with van der Waals surface area (Å²) in [5.41, 5.74) is 7.12. The van der Waals surface area contributed by atoms with Crippen LogP contribution in [0.4, 0.5) is 0 Å². The van der Waals surface area contributed by atoms with E-state index in [4.69, 9.17) is 5.73 Å². The molecule has 0 atom stereocenters. The molecule has 0 saturated heterocycles. The normalized spacial score (nSPS) is 10.1. The molecule has 1 rings (SSSR count). The highest BCUT2D eigenvalue weighted by Crippen LogP contribution is 2.17. The lowest BCUT2D eigenvalue weighted by Crippen LogP contribution is -2.08. The molecule has 1 aromatic carbocycles. The molecular weight excluding hydrogens is 230 g/mol. The molecule has 0 aromatic heterocycles. The second-order valence-corrected chi connectivity index (χ2v) is 3.78. The summed E-state index contributed by atoms with van der Waals surface area (Å²) in [6.07, 6.45) is 0.418. The minimum atomic E-state index is 0.109. The van der Waals surface area contributed by atoms with Gasteiger partial charge in [-0.15, -0.1) is 0 Å². The molecule has 0 amide bonds. The average molecular weight is 242 g/mol. The molecule has 13 heavy (non-hydrogen) atoms. The standard InChI is InChI=1S/C10H12BrNO/c1-7-6-8(2-3-9(7)11)10(13)4-5-12/h2-3,6H,4-5,12H2,1H3. The van der Waals surface area contributed by atoms with Gasteiger partial charge in [-0.25, -0.2) is 0 Å². The van der Waals surface area contributed by atoms with Crippen molar-refractivity contribution in [2.45, 2.75) is 13.3 Å². The first-order valence-electron chi connectivity index (χ1n) is 4.14. The third-order valence-electron chi connectivity index (χ3n) is 1.85. The first-order valence-corrected chi connectivity index (χ1v) is 4.94. The van der Waals surface area contributed by atoms with Crippen molar-refractivity contribution in [2.75, 3.05) is 6.54 Å². The van der Waals surface area contributed by atoms with Gasteiger partial charge in [0.2, 0.25) is 0 Å². The largest absolute Gasteiger partial charge is 0.330 e. The Balaban J connectivity index is 2.90. The molecule has 0 fully saturated rings. The van der Waals surface area contributed by atoms with E-state index in [1.165, 1.54) is 0 Å². The number of benzene rings is 1. The third kappa shape index (κ3) is 2.64. The van der Waals surface area contributed by atoms with Gasteiger partial charge in [-0.2, -0.15) is 0 Å². The average Bonchev–Trinajstić information content (AvgIpc) is 2.10. The number of carbonyl (C=O) groups is 1. The van der Waals surface area contributed by atoms with Crippen LogP contribution in [0.5, 0.6) is 0 Å². The van der Waals surface area contributed by atoms with Crippen molar-refractivity contribution in [3.63, 3.8) is 0 Å². The second-order valence-electron chi connectivity index (χ2n) is 2.93. The van der Waals surface area contributed by atoms with E-state index in [1.54, 1.807) is 0 Å². The smallest absolute Gasteiger partial charge is 0.164 e. The maximum Gasteiger partial charge on any atom is 0.164 e. The third-order valence-corrected chi connectivity index (χ3v) is 2.74. The summed E-state index contributed by atoms with van der Waals surface area (Å²) in [5.74, 6) is 0.109. The minimum Gasteiger partial charge on any atom is -0.330 e. The van der Waals surface area contributed by atoms with E-state index in [0.717, 1.165) is 15.6 Å². The maximum absolute atomic E-state index is 11.4. The van der Waals surface area contributed by atoms with Crippen LogP contribution >= 0.6 is 15.9 Å². The molecule has 1 aromatic rings. The van der Waals surface area contributed by atoms with Gasteiger partial charge in [-0.3, -0.25) is 4.79 Å². The number of Topliss-reactive ketones (excluding diaryl/α,β-unsaturated/α-hetero) is 1. The van der Waals surface area contributed by atoms with E-state index in [2.05, 4.69) is 15.9 Å². The van der Waals surface area contributed by atoms with Gasteiger partial charge < -0.3 is 5.73 Å². The number of carbonyl (C=O) groups excluding carboxylic acids is 1. The molecular formula is C10H12BrNO. The van der Waals surface area contributed by atoms with Gasteiger partial charge in [0, 0.05) is 16.5 Å². The van der Waals surface area contributed by atoms with E-state index in [0.29, 0.717) is 13.0 Å². The molecule has 0 heterocycles. The monoisotopic (exact) mass is 241 g/mol. The van der Waals surface area contributed by atoms with Crippen LogP contribution in [0, 0.1) is 6.92 Å². The Labute approximate surface area is 86.3 Å². The number of hydrogen-bond donors (Lipinski definition) is 1. The van der Waals surface area contributed by atoms with Crippen molar-refractivity contribution in [3.8, 4) is 0 Å². The fourth-order valence-electron chi connectivity index (χ4n) is 1.09. The van der Waals surface area contributed by atoms with Crippen molar-refractivity contribution >= 4 is 21.7 Å². The summed E-state index contributed by atoms with van der Waals surface area (Å²) in [6, 6.07) is 5.58. The molecule has 3 heteroatoms. The van der Waals surface area contributed by atoms with Crippen LogP contribution in [0.2, 0.25) is 0 Å². The van der Waals surface area contributed by atoms with Gasteiger partial charge in [0.05, 0.1) is 0 Å². The Hall–Kier alpha value is -0.670. The lowest BCUT2D eigenvalue weighted by molar-refractivity contribution is 0.0985. The zero-order valence-electron chi connectivity index (χ0n) is 7.51. The molecule has 0 aliphatic carbocycles. The molecule has 0 bridgehead atoms. The lowest BCUT2D eigenvalue weighted by atomic mass is 10.1. The molecule has 2 nitrogen and oxygen atoms in total. The number of halogens is 1. The fourth-order valence-corrected chi connectivity index (χ4v) is 1.34. The predicted molar refractivity (Wildman–Crippen MR) is 56.9 cm³/mol. The zero-order valence-corrected chi connectivity index (χ0v) is 9.10. The molecule has 70 valence electrons. The number of ketones is 1. The van der Waals surface area contributed by atoms with Gasteiger partial charge >= 0.3 is 0 Å². The van der Waals surface area contributed by atoms with Crippen LogP contribution in [0.25, 0.3) is 0 Å². The summed E-state index contributed by atoms with van der Waals surface area (Å²) >= 11 is 3.38. The van der Waals surface area contributed by atoms with Crippen molar-refractivity contribution in [3.05, 3.63) is 33.8 Å². The molecule has 0 aliphatic rings. The van der Waals surface area contributed by atoms with E-state index < -0.39 is 0 Å². The van der Waals surface area contributed by atoms with Gasteiger partial charge in [-0.1, -0.05) is 22.0 Å². The number of hydrogen-bond acceptors (Lipinski definition) is 2. The van der Waals surface area contributed by atoms with E-state index in [-0.39, 0.29) is 5.78 Å². The first kappa shape index (κ1) is 10.4. The summed E-state index contributed by atoms with van der Waals surface area (Å²) in [6.45, 7) is 2.37. The highest BCUT2D eigenvalue weighted by molar-refractivity contribution is 9.10. The Morgan fingerprint density at radius 1 is 1.54 bits per heavy atom. The molecule has 2 N–H and O–H groups in total. The summed E-state index contributed by atoms with van der Waals surface area (Å²) < 4.78 is 1.02. The van der Waals surface area contributed by atoms with Crippen molar-refractivity contribution in [1.29, 1.82) is 0 Å². The van der Waals surface area contributed by atoms with Crippen molar-refractivity contribution < 1.29 is 4.79 Å². The first-order chi connectivity index (χ1) is 6.15. The van der Waals surface area contributed by atoms with E-state index >= 15 is 0 Å². The zero-order chi connectivity index (χ0) is 9.84. The Morgan fingerprint density at radius 3 is 2.77 bits per heavy atom. The van der Waals surface area contributed by atoms with Crippen LogP contribution < -0.4 is 5.73 Å². The summed E-state index contributed by atoms with van der Waals surface area (Å²) in [4.78, 5) is 11.4. The summed E-state index contributed by atoms with van der Waals surface area (Å²) in [7, 11) is 0. The predicted octanol–water partition coefficient (Wildman–Crippen LogP) is 2.29. The minimum absolute atomic E-state index is 0.109. The van der Waals surface area contributed by atoms with E-state index in [1.807, 2.05) is 25.1 Å². The van der Waals surface area contributed by atoms with Gasteiger partial charge in [0.15, 0.2) is 5.78 Å². The maximum atomic E-state index is 11.4. The molecule has 0 aliphatic heterocycles. The summed E-state index contributed by atoms with van der Waals surface area (Å²) in [5, 5.41) is 0. The molecule has 0 radical (unpaired) electrons. The van der Waals surface area contributed by atoms with Gasteiger partial charge in [0.1, 0.15) is 0 Å². The number of aryl methyl sites for hydroxylation is 1. The second kappa shape index (κ2) is 4.53. The fraction of sp³-hybridized carbons (Fsp3) is 0.300. The Bertz CT molecular complexity index is 323. The van der Waals surface area contributed by atoms with Crippen molar-refractivity contribution in [1.82, 2.24) is 0 Å². The highest BCUT2D eigenvalue weighted by atomic mass is 79.9. The van der Waals surface area contributed by atoms with Gasteiger partial charge in [0.25, 0.3) is 0 Å². The number of nitrogens with two attached hydrogens (primary N) is 1. The Kier molecular flexibility index (Phi) is 3.63.